The zero-order valence-electron chi connectivity index (χ0n) is 29.6. The summed E-state index contributed by atoms with van der Waals surface area (Å²) in [6, 6.07) is 10.2. The lowest BCUT2D eigenvalue weighted by Crippen LogP contribution is -2.50. The number of nitrogens with one attached hydrogen (secondary N) is 1. The smallest absolute Gasteiger partial charge is 0.218 e. The fraction of sp³-hybridized carbons (Fsp3) is 0.600. The molecule has 0 amide bonds. The minimum absolute atomic E-state index is 0.165. The molecule has 1 N–H and O–H groups in total. The number of ketones is 1. The molecule has 3 aromatic rings. The Bertz CT molecular complexity index is 1480. The van der Waals surface area contributed by atoms with Gasteiger partial charge in [-0.1, -0.05) is 69.6 Å². The van der Waals surface area contributed by atoms with Gasteiger partial charge in [-0.25, -0.2) is 9.97 Å². The number of nitrogens with zero attached hydrogens (tertiary/aromatic N) is 4. The topological polar surface area (TPSA) is 91.2 Å². The molecule has 252 valence electrons. The van der Waals surface area contributed by atoms with Crippen LogP contribution in [0.2, 0.25) is 36.3 Å². The van der Waals surface area contributed by atoms with Crippen molar-refractivity contribution in [2.45, 2.75) is 135 Å². The molecule has 1 aliphatic carbocycles. The molecule has 1 aromatic carbocycles. The second-order valence-corrected chi connectivity index (χ2v) is 26.0. The average molecular weight is 729 g/mol. The molecule has 8 nitrogen and oxygen atoms in total. The van der Waals surface area contributed by atoms with E-state index in [1.165, 1.54) is 6.33 Å². The SMILES string of the molecule is CC(C)[Si](O[C@H]1CC[C@@H](Nc2ncncc2C(=O)c2cc(C(C)(C)O[Si](C)(C)C)n(Cc3cccc(Br)c3)n2)C1)(C(C)C)C(C)C. The Kier molecular flexibility index (Phi) is 11.6. The van der Waals surface area contributed by atoms with Crippen molar-refractivity contribution in [3.8, 4) is 0 Å². The number of hydrogen-bond acceptors (Lipinski definition) is 7. The van der Waals surface area contributed by atoms with E-state index in [-0.39, 0.29) is 17.9 Å². The van der Waals surface area contributed by atoms with E-state index in [2.05, 4.69) is 118 Å². The lowest BCUT2D eigenvalue weighted by molar-refractivity contribution is 0.0898. The number of carbonyl (C=O) groups is 1. The molecule has 0 bridgehead atoms. The van der Waals surface area contributed by atoms with E-state index in [0.717, 1.165) is 35.0 Å². The molecule has 46 heavy (non-hydrogen) atoms. The third kappa shape index (κ3) is 8.45. The van der Waals surface area contributed by atoms with Crippen molar-refractivity contribution in [1.29, 1.82) is 0 Å². The van der Waals surface area contributed by atoms with Crippen LogP contribution < -0.4 is 5.32 Å². The summed E-state index contributed by atoms with van der Waals surface area (Å²) in [7, 11) is -3.90. The fourth-order valence-corrected chi connectivity index (χ4v) is 15.3. The summed E-state index contributed by atoms with van der Waals surface area (Å²) in [5.74, 6) is 0.337. The maximum Gasteiger partial charge on any atom is 0.218 e. The molecule has 2 atom stereocenters. The van der Waals surface area contributed by atoms with Crippen molar-refractivity contribution in [2.24, 2.45) is 0 Å². The number of carbonyl (C=O) groups excluding carboxylic acids is 1. The van der Waals surface area contributed by atoms with E-state index >= 15 is 0 Å². The van der Waals surface area contributed by atoms with Crippen molar-refractivity contribution in [3.63, 3.8) is 0 Å². The molecule has 1 saturated carbocycles. The van der Waals surface area contributed by atoms with Gasteiger partial charge in [-0.2, -0.15) is 5.10 Å². The lowest BCUT2D eigenvalue weighted by Gasteiger charge is -2.44. The van der Waals surface area contributed by atoms with E-state index in [9.17, 15) is 4.79 Å². The van der Waals surface area contributed by atoms with Crippen LogP contribution in [-0.2, 0) is 21.0 Å². The van der Waals surface area contributed by atoms with Crippen molar-refractivity contribution >= 4 is 44.2 Å². The molecular formula is C35H54BrN5O3Si2. The first kappa shape index (κ1) is 36.6. The first-order valence-electron chi connectivity index (χ1n) is 16.7. The quantitative estimate of drug-likeness (QED) is 0.131. The van der Waals surface area contributed by atoms with Gasteiger partial charge < -0.3 is 14.2 Å². The van der Waals surface area contributed by atoms with Gasteiger partial charge in [0, 0.05) is 22.8 Å². The predicted octanol–water partition coefficient (Wildman–Crippen LogP) is 9.33. The van der Waals surface area contributed by atoms with Gasteiger partial charge in [-0.3, -0.25) is 9.48 Å². The summed E-state index contributed by atoms with van der Waals surface area (Å²) >= 11 is 3.58. The van der Waals surface area contributed by atoms with Crippen LogP contribution in [0.15, 0.2) is 47.3 Å². The van der Waals surface area contributed by atoms with Gasteiger partial charge in [-0.05, 0) is 93.1 Å². The highest BCUT2D eigenvalue weighted by Gasteiger charge is 2.47. The van der Waals surface area contributed by atoms with Crippen LogP contribution in [0.3, 0.4) is 0 Å². The molecule has 1 fully saturated rings. The number of benzene rings is 1. The number of rotatable bonds is 14. The van der Waals surface area contributed by atoms with E-state index < -0.39 is 22.2 Å². The van der Waals surface area contributed by atoms with Crippen molar-refractivity contribution in [1.82, 2.24) is 19.7 Å². The highest BCUT2D eigenvalue weighted by Crippen LogP contribution is 2.45. The number of hydrogen-bond donors (Lipinski definition) is 1. The minimum atomic E-state index is -1.98. The minimum Gasteiger partial charge on any atom is -0.413 e. The van der Waals surface area contributed by atoms with Gasteiger partial charge in [-0.15, -0.1) is 0 Å². The average Bonchev–Trinajstić information content (AvgIpc) is 3.57. The van der Waals surface area contributed by atoms with E-state index in [1.54, 1.807) is 6.20 Å². The largest absolute Gasteiger partial charge is 0.413 e. The molecule has 2 aromatic heterocycles. The summed E-state index contributed by atoms with van der Waals surface area (Å²) in [4.78, 5) is 22.9. The summed E-state index contributed by atoms with van der Waals surface area (Å²) in [5, 5.41) is 8.47. The Balaban J connectivity index is 1.60. The van der Waals surface area contributed by atoms with Gasteiger partial charge in [0.2, 0.25) is 14.1 Å². The highest BCUT2D eigenvalue weighted by molar-refractivity contribution is 9.10. The third-order valence-electron chi connectivity index (χ3n) is 9.17. The second kappa shape index (κ2) is 14.5. The first-order valence-corrected chi connectivity index (χ1v) is 23.1. The molecule has 0 spiro atoms. The maximum absolute atomic E-state index is 14.1. The van der Waals surface area contributed by atoms with Crippen LogP contribution in [0.25, 0.3) is 0 Å². The fourth-order valence-electron chi connectivity index (χ4n) is 7.58. The molecule has 1 aliphatic rings. The summed E-state index contributed by atoms with van der Waals surface area (Å²) in [6.07, 6.45) is 6.18. The molecule has 0 radical (unpaired) electrons. The summed E-state index contributed by atoms with van der Waals surface area (Å²) in [6.45, 7) is 25.1. The van der Waals surface area contributed by atoms with Crippen molar-refractivity contribution < 1.29 is 13.6 Å². The summed E-state index contributed by atoms with van der Waals surface area (Å²) in [5.41, 5.74) is 3.68. The molecule has 0 unspecified atom stereocenters. The Hall–Kier alpha value is -2.19. The second-order valence-electron chi connectivity index (χ2n) is 15.3. The Morgan fingerprint density at radius 1 is 1.07 bits per heavy atom. The molecule has 0 saturated heterocycles. The Morgan fingerprint density at radius 2 is 1.74 bits per heavy atom. The predicted molar refractivity (Wildman–Crippen MR) is 196 cm³/mol. The lowest BCUT2D eigenvalue weighted by atomic mass is 10.0. The normalized spacial score (nSPS) is 17.8. The molecule has 4 rings (SSSR count). The maximum atomic E-state index is 14.1. The monoisotopic (exact) mass is 727 g/mol. The third-order valence-corrected chi connectivity index (χ3v) is 16.9. The van der Waals surface area contributed by atoms with Gasteiger partial charge in [0.1, 0.15) is 17.8 Å². The van der Waals surface area contributed by atoms with Crippen LogP contribution in [0, 0.1) is 0 Å². The van der Waals surface area contributed by atoms with Crippen molar-refractivity contribution in [2.75, 3.05) is 5.32 Å². The Labute approximate surface area is 286 Å². The van der Waals surface area contributed by atoms with Crippen molar-refractivity contribution in [3.05, 3.63) is 69.8 Å². The molecular weight excluding hydrogens is 674 g/mol. The number of anilines is 1. The van der Waals surface area contributed by atoms with Crippen LogP contribution in [0.1, 0.15) is 102 Å². The zero-order chi connectivity index (χ0) is 34.0. The van der Waals surface area contributed by atoms with Gasteiger partial charge in [0.25, 0.3) is 0 Å². The Morgan fingerprint density at radius 3 is 2.35 bits per heavy atom. The van der Waals surface area contributed by atoms with Crippen LogP contribution in [0.4, 0.5) is 5.82 Å². The number of halogens is 1. The molecule has 2 heterocycles. The first-order chi connectivity index (χ1) is 21.4. The van der Waals surface area contributed by atoms with E-state index in [1.807, 2.05) is 22.9 Å². The van der Waals surface area contributed by atoms with Gasteiger partial charge >= 0.3 is 0 Å². The van der Waals surface area contributed by atoms with Crippen LogP contribution >= 0.6 is 15.9 Å². The highest BCUT2D eigenvalue weighted by atomic mass is 79.9. The van der Waals surface area contributed by atoms with Gasteiger partial charge in [0.15, 0.2) is 8.32 Å². The number of aromatic nitrogens is 4. The summed E-state index contributed by atoms with van der Waals surface area (Å²) < 4.78 is 16.6. The zero-order valence-corrected chi connectivity index (χ0v) is 33.2. The van der Waals surface area contributed by atoms with Gasteiger partial charge in [0.05, 0.1) is 23.4 Å². The van der Waals surface area contributed by atoms with E-state index in [4.69, 9.17) is 14.0 Å². The molecule has 0 aliphatic heterocycles. The van der Waals surface area contributed by atoms with E-state index in [0.29, 0.717) is 40.2 Å². The molecule has 11 heteroatoms. The standard InChI is InChI=1S/C35H54BrN5O3Si2/c1-23(2)46(24(3)4,25(5)6)43-29-16-15-28(18-29)39-34-30(20-37-22-38-34)33(42)31-19-32(35(7,8)44-45(9,10)11)41(40-31)21-26-13-12-14-27(36)17-26/h12-14,17,19-20,22-25,28-29H,15-16,18,21H2,1-11H3,(H,37,38,39)/t28-,29+/m1/s1. The van der Waals surface area contributed by atoms with Crippen LogP contribution in [-0.4, -0.2) is 54.3 Å². The van der Waals surface area contributed by atoms with Crippen LogP contribution in [0.5, 0.6) is 0 Å².